The lowest BCUT2D eigenvalue weighted by Crippen LogP contribution is -2.33. The van der Waals surface area contributed by atoms with E-state index < -0.39 is 6.10 Å². The number of aromatic nitrogens is 1. The minimum Gasteiger partial charge on any atom is -0.489 e. The number of ether oxygens (including phenoxy) is 1. The van der Waals surface area contributed by atoms with Crippen LogP contribution in [0.5, 0.6) is 5.75 Å². The van der Waals surface area contributed by atoms with Crippen LogP contribution in [0.15, 0.2) is 85.1 Å². The van der Waals surface area contributed by atoms with Crippen molar-refractivity contribution in [1.29, 1.82) is 0 Å². The van der Waals surface area contributed by atoms with E-state index in [0.717, 1.165) is 22.2 Å². The number of aryl methyl sites for hydroxylation is 1. The maximum Gasteiger partial charge on any atom is 0.120 e. The van der Waals surface area contributed by atoms with E-state index in [-0.39, 0.29) is 18.4 Å². The lowest BCUT2D eigenvalue weighted by atomic mass is 10.0. The number of fused-ring (bicyclic) bond motifs is 1. The van der Waals surface area contributed by atoms with Crippen molar-refractivity contribution in [2.45, 2.75) is 25.7 Å². The van der Waals surface area contributed by atoms with E-state index in [1.807, 2.05) is 49.6 Å². The maximum absolute atomic E-state index is 10.9. The molecule has 0 spiro atoms. The van der Waals surface area contributed by atoms with Gasteiger partial charge in [-0.15, -0.1) is 12.4 Å². The van der Waals surface area contributed by atoms with Crippen LogP contribution in [-0.2, 0) is 6.61 Å². The lowest BCUT2D eigenvalue weighted by Gasteiger charge is -2.26. The molecule has 0 aliphatic carbocycles. The van der Waals surface area contributed by atoms with Gasteiger partial charge in [0, 0.05) is 23.6 Å². The largest absolute Gasteiger partial charge is 0.489 e. The maximum atomic E-state index is 10.9. The molecule has 0 radical (unpaired) electrons. The number of halogens is 1. The van der Waals surface area contributed by atoms with Crippen molar-refractivity contribution in [3.63, 3.8) is 0 Å². The molecular formula is C26H29ClN2O2. The molecule has 162 valence electrons. The standard InChI is InChI=1S/C26H28N2O2.ClH/c1-19-8-6-7-11-22(19)18-30-23-12-13-24-21(16-23)14-15-28(24)26(25(29)17-27-2)20-9-4-3-5-10-20;/h3-16,25-27,29H,17-18H2,1-2H3;1H/t25-,26+;/m1./s1. The van der Waals surface area contributed by atoms with Gasteiger partial charge in [0.1, 0.15) is 12.4 Å². The summed E-state index contributed by atoms with van der Waals surface area (Å²) in [6.07, 6.45) is 1.50. The van der Waals surface area contributed by atoms with Crippen LogP contribution in [0.25, 0.3) is 10.9 Å². The fourth-order valence-corrected chi connectivity index (χ4v) is 3.95. The quantitative estimate of drug-likeness (QED) is 0.403. The van der Waals surface area contributed by atoms with Gasteiger partial charge in [-0.2, -0.15) is 0 Å². The van der Waals surface area contributed by atoms with E-state index in [1.165, 1.54) is 11.1 Å². The van der Waals surface area contributed by atoms with Crippen LogP contribution >= 0.6 is 12.4 Å². The Bertz CT molecular complexity index is 1110. The second-order valence-corrected chi connectivity index (χ2v) is 7.64. The second-order valence-electron chi connectivity index (χ2n) is 7.64. The molecule has 2 N–H and O–H groups in total. The van der Waals surface area contributed by atoms with Gasteiger partial charge in [-0.1, -0.05) is 54.6 Å². The van der Waals surface area contributed by atoms with Crippen LogP contribution in [0.4, 0.5) is 0 Å². The predicted molar refractivity (Wildman–Crippen MR) is 129 cm³/mol. The lowest BCUT2D eigenvalue weighted by molar-refractivity contribution is 0.132. The first kappa shape index (κ1) is 22.9. The molecule has 31 heavy (non-hydrogen) atoms. The molecule has 0 aliphatic rings. The van der Waals surface area contributed by atoms with Crippen molar-refractivity contribution < 1.29 is 9.84 Å². The minimum absolute atomic E-state index is 0. The molecule has 1 aromatic heterocycles. The van der Waals surface area contributed by atoms with Gasteiger partial charge in [0.25, 0.3) is 0 Å². The highest BCUT2D eigenvalue weighted by Crippen LogP contribution is 2.30. The van der Waals surface area contributed by atoms with Crippen molar-refractivity contribution >= 4 is 23.3 Å². The molecule has 0 amide bonds. The van der Waals surface area contributed by atoms with Crippen molar-refractivity contribution in [3.8, 4) is 5.75 Å². The summed E-state index contributed by atoms with van der Waals surface area (Å²) in [5.41, 5.74) is 4.57. The number of likely N-dealkylation sites (N-methyl/N-ethyl adjacent to an activating group) is 1. The van der Waals surface area contributed by atoms with Gasteiger partial charge >= 0.3 is 0 Å². The molecule has 0 aliphatic heterocycles. The molecule has 2 atom stereocenters. The predicted octanol–water partition coefficient (Wildman–Crippen LogP) is 5.12. The van der Waals surface area contributed by atoms with E-state index in [1.54, 1.807) is 0 Å². The van der Waals surface area contributed by atoms with Gasteiger partial charge in [0.05, 0.1) is 12.1 Å². The number of nitrogens with zero attached hydrogens (tertiary/aromatic N) is 1. The molecule has 0 saturated carbocycles. The molecule has 0 saturated heterocycles. The number of aliphatic hydroxyl groups excluding tert-OH is 1. The highest BCUT2D eigenvalue weighted by molar-refractivity contribution is 5.85. The van der Waals surface area contributed by atoms with Gasteiger partial charge in [0.15, 0.2) is 0 Å². The van der Waals surface area contributed by atoms with Crippen molar-refractivity contribution in [2.75, 3.05) is 13.6 Å². The number of aliphatic hydroxyl groups is 1. The average Bonchev–Trinajstić information content (AvgIpc) is 3.17. The Hall–Kier alpha value is -2.79. The van der Waals surface area contributed by atoms with E-state index in [9.17, 15) is 5.11 Å². The van der Waals surface area contributed by atoms with Gasteiger partial charge in [0.2, 0.25) is 0 Å². The van der Waals surface area contributed by atoms with Gasteiger partial charge in [-0.3, -0.25) is 0 Å². The van der Waals surface area contributed by atoms with Crippen molar-refractivity contribution in [2.24, 2.45) is 0 Å². The summed E-state index contributed by atoms with van der Waals surface area (Å²) in [6.45, 7) is 3.16. The zero-order valence-corrected chi connectivity index (χ0v) is 18.7. The van der Waals surface area contributed by atoms with Crippen molar-refractivity contribution in [1.82, 2.24) is 9.88 Å². The third kappa shape index (κ3) is 5.10. The molecule has 0 unspecified atom stereocenters. The Labute approximate surface area is 189 Å². The summed E-state index contributed by atoms with van der Waals surface area (Å²) in [6, 6.07) is 26.5. The molecule has 0 fully saturated rings. The minimum atomic E-state index is -0.551. The topological polar surface area (TPSA) is 46.4 Å². The van der Waals surface area contributed by atoms with E-state index in [0.29, 0.717) is 13.2 Å². The number of benzene rings is 3. The molecule has 0 bridgehead atoms. The van der Waals surface area contributed by atoms with Gasteiger partial charge in [-0.25, -0.2) is 0 Å². The Balaban J connectivity index is 0.00000272. The van der Waals surface area contributed by atoms with E-state index >= 15 is 0 Å². The summed E-state index contributed by atoms with van der Waals surface area (Å²) in [5, 5.41) is 15.1. The Morgan fingerprint density at radius 3 is 2.45 bits per heavy atom. The summed E-state index contributed by atoms with van der Waals surface area (Å²) in [5.74, 6) is 0.843. The second kappa shape index (κ2) is 10.5. The normalized spacial score (nSPS) is 12.9. The van der Waals surface area contributed by atoms with Crippen LogP contribution in [-0.4, -0.2) is 29.4 Å². The molecular weight excluding hydrogens is 408 g/mol. The molecule has 4 aromatic rings. The summed E-state index contributed by atoms with van der Waals surface area (Å²) < 4.78 is 8.20. The van der Waals surface area contributed by atoms with Crippen LogP contribution in [0.3, 0.4) is 0 Å². The molecule has 5 heteroatoms. The first-order valence-electron chi connectivity index (χ1n) is 10.3. The molecule has 3 aromatic carbocycles. The summed E-state index contributed by atoms with van der Waals surface area (Å²) in [7, 11) is 1.86. The van der Waals surface area contributed by atoms with Gasteiger partial charge < -0.3 is 19.7 Å². The Morgan fingerprint density at radius 1 is 0.968 bits per heavy atom. The third-order valence-corrected chi connectivity index (χ3v) is 5.57. The number of rotatable bonds is 8. The zero-order valence-electron chi connectivity index (χ0n) is 17.9. The number of hydrogen-bond donors (Lipinski definition) is 2. The fraction of sp³-hybridized carbons (Fsp3) is 0.231. The average molecular weight is 437 g/mol. The monoisotopic (exact) mass is 436 g/mol. The first-order chi connectivity index (χ1) is 14.7. The van der Waals surface area contributed by atoms with Crippen LogP contribution in [0.1, 0.15) is 22.7 Å². The van der Waals surface area contributed by atoms with Crippen molar-refractivity contribution in [3.05, 3.63) is 102 Å². The smallest absolute Gasteiger partial charge is 0.120 e. The van der Waals surface area contributed by atoms with Gasteiger partial charge in [-0.05, 0) is 54.9 Å². The highest BCUT2D eigenvalue weighted by atomic mass is 35.5. The van der Waals surface area contributed by atoms with E-state index in [2.05, 4.69) is 59.3 Å². The van der Waals surface area contributed by atoms with Crippen LogP contribution in [0, 0.1) is 6.92 Å². The molecule has 4 rings (SSSR count). The third-order valence-electron chi connectivity index (χ3n) is 5.57. The molecule has 4 nitrogen and oxygen atoms in total. The number of nitrogens with one attached hydrogen (secondary N) is 1. The SMILES string of the molecule is CNC[C@@H](O)[C@H](c1ccccc1)n1ccc2cc(OCc3ccccc3C)ccc21.Cl. The first-order valence-corrected chi connectivity index (χ1v) is 10.3. The molecule has 1 heterocycles. The van der Waals surface area contributed by atoms with Crippen LogP contribution in [0.2, 0.25) is 0 Å². The number of hydrogen-bond acceptors (Lipinski definition) is 3. The summed E-state index contributed by atoms with van der Waals surface area (Å²) >= 11 is 0. The fourth-order valence-electron chi connectivity index (χ4n) is 3.95. The highest BCUT2D eigenvalue weighted by Gasteiger charge is 2.23. The zero-order chi connectivity index (χ0) is 20.9. The van der Waals surface area contributed by atoms with E-state index in [4.69, 9.17) is 4.74 Å². The van der Waals surface area contributed by atoms with Crippen LogP contribution < -0.4 is 10.1 Å². The summed E-state index contributed by atoms with van der Waals surface area (Å²) in [4.78, 5) is 0. The Kier molecular flexibility index (Phi) is 7.75. The Morgan fingerprint density at radius 2 is 1.71 bits per heavy atom.